The Hall–Kier alpha value is -3.28. The van der Waals surface area contributed by atoms with Crippen molar-refractivity contribution in [3.05, 3.63) is 76.7 Å². The minimum absolute atomic E-state index is 0.164. The summed E-state index contributed by atoms with van der Waals surface area (Å²) < 4.78 is 11.0. The Labute approximate surface area is 157 Å². The summed E-state index contributed by atoms with van der Waals surface area (Å²) in [5.41, 5.74) is 2.90. The first-order valence-electron chi connectivity index (χ1n) is 8.69. The number of rotatable bonds is 6. The zero-order valence-electron chi connectivity index (χ0n) is 15.5. The number of aromatic nitrogens is 1. The normalized spacial score (nSPS) is 11.8. The molecule has 2 N–H and O–H groups in total. The number of aryl methyl sites for hydroxylation is 2. The van der Waals surface area contributed by atoms with Gasteiger partial charge >= 0.3 is 0 Å². The molecule has 0 saturated heterocycles. The van der Waals surface area contributed by atoms with Gasteiger partial charge in [0.25, 0.3) is 5.91 Å². The van der Waals surface area contributed by atoms with E-state index in [9.17, 15) is 9.90 Å². The molecule has 6 heteroatoms. The van der Waals surface area contributed by atoms with Crippen molar-refractivity contribution in [2.75, 3.05) is 0 Å². The standard InChI is InChI=1S/C21H22N2O4/c1-13(16-7-6-8-17(24)11-16)22-21(25)18-9-4-5-10-20(18)26-12-19-14(2)23-27-15(19)3/h4-11,13,24H,12H2,1-3H3,(H,22,25). The van der Waals surface area contributed by atoms with Gasteiger partial charge in [0, 0.05) is 0 Å². The van der Waals surface area contributed by atoms with Gasteiger partial charge in [0.1, 0.15) is 23.9 Å². The van der Waals surface area contributed by atoms with Crippen LogP contribution in [0, 0.1) is 13.8 Å². The molecule has 0 aliphatic carbocycles. The van der Waals surface area contributed by atoms with E-state index in [0.29, 0.717) is 17.1 Å². The van der Waals surface area contributed by atoms with Crippen LogP contribution in [0.15, 0.2) is 53.1 Å². The largest absolute Gasteiger partial charge is 0.508 e. The molecule has 2 aromatic carbocycles. The number of hydrogen-bond donors (Lipinski definition) is 2. The summed E-state index contributed by atoms with van der Waals surface area (Å²) >= 11 is 0. The van der Waals surface area contributed by atoms with Gasteiger partial charge in [-0.3, -0.25) is 4.79 Å². The van der Waals surface area contributed by atoms with Crippen LogP contribution in [0.3, 0.4) is 0 Å². The van der Waals surface area contributed by atoms with Crippen LogP contribution in [-0.4, -0.2) is 16.2 Å². The van der Waals surface area contributed by atoms with Crippen molar-refractivity contribution in [2.45, 2.75) is 33.4 Å². The summed E-state index contributed by atoms with van der Waals surface area (Å²) in [5, 5.41) is 16.5. The van der Waals surface area contributed by atoms with Crippen molar-refractivity contribution >= 4 is 5.91 Å². The molecule has 0 radical (unpaired) electrons. The summed E-state index contributed by atoms with van der Waals surface area (Å²) in [6, 6.07) is 13.6. The van der Waals surface area contributed by atoms with Gasteiger partial charge in [-0.25, -0.2) is 0 Å². The van der Waals surface area contributed by atoms with Crippen molar-refractivity contribution in [1.82, 2.24) is 10.5 Å². The van der Waals surface area contributed by atoms with Gasteiger partial charge in [-0.2, -0.15) is 0 Å². The Bertz CT molecular complexity index is 929. The molecule has 3 aromatic rings. The fourth-order valence-corrected chi connectivity index (χ4v) is 2.79. The van der Waals surface area contributed by atoms with Crippen LogP contribution in [0.1, 0.15) is 45.9 Å². The van der Waals surface area contributed by atoms with E-state index in [1.54, 1.807) is 36.4 Å². The first kappa shape index (κ1) is 18.5. The summed E-state index contributed by atoms with van der Waals surface area (Å²) in [4.78, 5) is 12.7. The minimum atomic E-state index is -0.264. The highest BCUT2D eigenvalue weighted by Gasteiger charge is 2.17. The number of hydrogen-bond acceptors (Lipinski definition) is 5. The first-order valence-corrected chi connectivity index (χ1v) is 8.69. The van der Waals surface area contributed by atoms with E-state index < -0.39 is 0 Å². The van der Waals surface area contributed by atoms with Gasteiger partial charge < -0.3 is 19.7 Å². The molecule has 0 saturated carbocycles. The highest BCUT2D eigenvalue weighted by molar-refractivity contribution is 5.97. The molecule has 1 aromatic heterocycles. The number of nitrogens with zero attached hydrogens (tertiary/aromatic N) is 1. The molecule has 1 atom stereocenters. The predicted molar refractivity (Wildman–Crippen MR) is 101 cm³/mol. The van der Waals surface area contributed by atoms with Crippen molar-refractivity contribution in [3.8, 4) is 11.5 Å². The lowest BCUT2D eigenvalue weighted by atomic mass is 10.1. The summed E-state index contributed by atoms with van der Waals surface area (Å²) in [6.07, 6.45) is 0. The summed E-state index contributed by atoms with van der Waals surface area (Å²) in [7, 11) is 0. The third kappa shape index (κ3) is 4.28. The minimum Gasteiger partial charge on any atom is -0.508 e. The van der Waals surface area contributed by atoms with Crippen LogP contribution in [-0.2, 0) is 6.61 Å². The van der Waals surface area contributed by atoms with Crippen LogP contribution < -0.4 is 10.1 Å². The van der Waals surface area contributed by atoms with Crippen molar-refractivity contribution in [3.63, 3.8) is 0 Å². The Morgan fingerprint density at radius 3 is 2.70 bits per heavy atom. The molecule has 0 fully saturated rings. The Kier molecular flexibility index (Phi) is 5.45. The van der Waals surface area contributed by atoms with E-state index in [-0.39, 0.29) is 24.3 Å². The van der Waals surface area contributed by atoms with Crippen LogP contribution in [0.4, 0.5) is 0 Å². The maximum Gasteiger partial charge on any atom is 0.255 e. The topological polar surface area (TPSA) is 84.6 Å². The molecule has 0 aliphatic rings. The lowest BCUT2D eigenvalue weighted by molar-refractivity contribution is 0.0935. The fourth-order valence-electron chi connectivity index (χ4n) is 2.79. The molecule has 6 nitrogen and oxygen atoms in total. The number of para-hydroxylation sites is 1. The van der Waals surface area contributed by atoms with E-state index in [0.717, 1.165) is 16.8 Å². The van der Waals surface area contributed by atoms with Gasteiger partial charge in [-0.1, -0.05) is 29.4 Å². The van der Waals surface area contributed by atoms with Gasteiger partial charge in [-0.05, 0) is 50.6 Å². The van der Waals surface area contributed by atoms with E-state index in [2.05, 4.69) is 10.5 Å². The van der Waals surface area contributed by atoms with E-state index in [4.69, 9.17) is 9.26 Å². The molecular weight excluding hydrogens is 344 g/mol. The zero-order valence-corrected chi connectivity index (χ0v) is 15.5. The number of amides is 1. The maximum absolute atomic E-state index is 12.7. The van der Waals surface area contributed by atoms with Gasteiger partial charge in [0.05, 0.1) is 22.9 Å². The third-order valence-electron chi connectivity index (χ3n) is 4.40. The quantitative estimate of drug-likeness (QED) is 0.687. The van der Waals surface area contributed by atoms with Crippen molar-refractivity contribution in [1.29, 1.82) is 0 Å². The highest BCUT2D eigenvalue weighted by atomic mass is 16.5. The van der Waals surface area contributed by atoms with E-state index in [1.165, 1.54) is 0 Å². The number of benzene rings is 2. The molecule has 1 amide bonds. The Balaban J connectivity index is 1.73. The van der Waals surface area contributed by atoms with Gasteiger partial charge in [0.2, 0.25) is 0 Å². The average molecular weight is 366 g/mol. The van der Waals surface area contributed by atoms with Crippen LogP contribution in [0.25, 0.3) is 0 Å². The molecule has 1 unspecified atom stereocenters. The zero-order chi connectivity index (χ0) is 19.4. The maximum atomic E-state index is 12.7. The molecule has 27 heavy (non-hydrogen) atoms. The Morgan fingerprint density at radius 2 is 2.00 bits per heavy atom. The van der Waals surface area contributed by atoms with Crippen molar-refractivity contribution < 1.29 is 19.2 Å². The second-order valence-electron chi connectivity index (χ2n) is 6.38. The molecule has 1 heterocycles. The van der Waals surface area contributed by atoms with E-state index in [1.807, 2.05) is 32.9 Å². The predicted octanol–water partition coefficient (Wildman–Crippen LogP) is 4.07. The molecule has 0 bridgehead atoms. The number of carbonyl (C=O) groups is 1. The van der Waals surface area contributed by atoms with E-state index >= 15 is 0 Å². The first-order chi connectivity index (χ1) is 13.0. The number of nitrogens with one attached hydrogen (secondary N) is 1. The average Bonchev–Trinajstić information content (AvgIpc) is 2.98. The lowest BCUT2D eigenvalue weighted by Crippen LogP contribution is -2.27. The SMILES string of the molecule is Cc1noc(C)c1COc1ccccc1C(=O)NC(C)c1cccc(O)c1. The molecule has 0 aliphatic heterocycles. The summed E-state index contributed by atoms with van der Waals surface area (Å²) in [6.45, 7) is 5.81. The number of carbonyl (C=O) groups excluding carboxylic acids is 1. The number of ether oxygens (including phenoxy) is 1. The monoisotopic (exact) mass is 366 g/mol. The molecule has 3 rings (SSSR count). The third-order valence-corrected chi connectivity index (χ3v) is 4.40. The Morgan fingerprint density at radius 1 is 1.22 bits per heavy atom. The number of aromatic hydroxyl groups is 1. The van der Waals surface area contributed by atoms with Crippen LogP contribution in [0.2, 0.25) is 0 Å². The summed E-state index contributed by atoms with van der Waals surface area (Å²) in [5.74, 6) is 1.10. The highest BCUT2D eigenvalue weighted by Crippen LogP contribution is 2.23. The van der Waals surface area contributed by atoms with Crippen molar-refractivity contribution in [2.24, 2.45) is 0 Å². The lowest BCUT2D eigenvalue weighted by Gasteiger charge is -2.16. The van der Waals surface area contributed by atoms with Crippen LogP contribution in [0.5, 0.6) is 11.5 Å². The van der Waals surface area contributed by atoms with Gasteiger partial charge in [-0.15, -0.1) is 0 Å². The fraction of sp³-hybridized carbons (Fsp3) is 0.238. The van der Waals surface area contributed by atoms with Gasteiger partial charge in [0.15, 0.2) is 0 Å². The smallest absolute Gasteiger partial charge is 0.255 e. The second-order valence-corrected chi connectivity index (χ2v) is 6.38. The second kappa shape index (κ2) is 7.95. The van der Waals surface area contributed by atoms with Crippen LogP contribution >= 0.6 is 0 Å². The number of phenolic OH excluding ortho intramolecular Hbond substituents is 1. The molecule has 140 valence electrons. The molecule has 0 spiro atoms. The molecular formula is C21H22N2O4. The number of phenols is 1.